The van der Waals surface area contributed by atoms with Gasteiger partial charge in [-0.1, -0.05) is 18.2 Å². The molecule has 2 aromatic rings. The lowest BCUT2D eigenvalue weighted by Crippen LogP contribution is -2.12. The SMILES string of the molecule is OCCC1c2ccc(O)cc2CCCC1c1ccc(O)cc1. The minimum Gasteiger partial charge on any atom is -0.508 e. The molecule has 0 bridgehead atoms. The average Bonchev–Trinajstić information content (AvgIpc) is 2.68. The zero-order valence-electron chi connectivity index (χ0n) is 12.6. The lowest BCUT2D eigenvalue weighted by molar-refractivity contribution is 0.265. The highest BCUT2D eigenvalue weighted by molar-refractivity contribution is 5.41. The van der Waals surface area contributed by atoms with E-state index in [0.717, 1.165) is 19.3 Å². The van der Waals surface area contributed by atoms with Crippen molar-refractivity contribution >= 4 is 0 Å². The molecule has 2 unspecified atom stereocenters. The number of aryl methyl sites for hydroxylation is 1. The summed E-state index contributed by atoms with van der Waals surface area (Å²) in [5, 5.41) is 28.7. The van der Waals surface area contributed by atoms with Crippen molar-refractivity contribution < 1.29 is 15.3 Å². The van der Waals surface area contributed by atoms with E-state index in [2.05, 4.69) is 0 Å². The first-order chi connectivity index (χ1) is 10.7. The van der Waals surface area contributed by atoms with Crippen molar-refractivity contribution in [2.24, 2.45) is 0 Å². The van der Waals surface area contributed by atoms with Gasteiger partial charge in [0.1, 0.15) is 11.5 Å². The zero-order chi connectivity index (χ0) is 15.5. The van der Waals surface area contributed by atoms with Crippen molar-refractivity contribution in [2.75, 3.05) is 6.61 Å². The molecule has 0 amide bonds. The van der Waals surface area contributed by atoms with Crippen LogP contribution in [0.3, 0.4) is 0 Å². The van der Waals surface area contributed by atoms with Crippen LogP contribution in [0.25, 0.3) is 0 Å². The van der Waals surface area contributed by atoms with Crippen molar-refractivity contribution in [3.8, 4) is 11.5 Å². The van der Waals surface area contributed by atoms with Crippen LogP contribution in [-0.4, -0.2) is 21.9 Å². The monoisotopic (exact) mass is 298 g/mol. The van der Waals surface area contributed by atoms with Crippen LogP contribution < -0.4 is 0 Å². The van der Waals surface area contributed by atoms with Crippen molar-refractivity contribution in [1.82, 2.24) is 0 Å². The van der Waals surface area contributed by atoms with Gasteiger partial charge in [-0.2, -0.15) is 0 Å². The molecule has 3 N–H and O–H groups in total. The summed E-state index contributed by atoms with van der Waals surface area (Å²) in [5.74, 6) is 1.16. The Kier molecular flexibility index (Phi) is 4.34. The smallest absolute Gasteiger partial charge is 0.115 e. The van der Waals surface area contributed by atoms with Crippen molar-refractivity contribution in [3.05, 3.63) is 59.2 Å². The normalized spacial score (nSPS) is 21.1. The Morgan fingerprint density at radius 3 is 2.41 bits per heavy atom. The predicted octanol–water partition coefficient (Wildman–Crippen LogP) is 3.68. The second kappa shape index (κ2) is 6.41. The van der Waals surface area contributed by atoms with Gasteiger partial charge in [-0.25, -0.2) is 0 Å². The van der Waals surface area contributed by atoms with E-state index in [1.165, 1.54) is 16.7 Å². The molecule has 3 heteroatoms. The first-order valence-electron chi connectivity index (χ1n) is 7.90. The third kappa shape index (κ3) is 2.95. The highest BCUT2D eigenvalue weighted by atomic mass is 16.3. The highest BCUT2D eigenvalue weighted by Gasteiger charge is 2.28. The molecule has 1 aliphatic carbocycles. The fourth-order valence-corrected chi connectivity index (χ4v) is 3.72. The van der Waals surface area contributed by atoms with E-state index in [1.54, 1.807) is 18.2 Å². The lowest BCUT2D eigenvalue weighted by atomic mass is 9.78. The Balaban J connectivity index is 2.02. The van der Waals surface area contributed by atoms with E-state index in [9.17, 15) is 15.3 Å². The maximum Gasteiger partial charge on any atom is 0.115 e. The number of benzene rings is 2. The maximum absolute atomic E-state index is 9.73. The Bertz CT molecular complexity index is 634. The Morgan fingerprint density at radius 2 is 1.68 bits per heavy atom. The van der Waals surface area contributed by atoms with E-state index in [4.69, 9.17) is 0 Å². The summed E-state index contributed by atoms with van der Waals surface area (Å²) in [6.45, 7) is 0.152. The minimum absolute atomic E-state index is 0.152. The van der Waals surface area contributed by atoms with Gasteiger partial charge in [0.2, 0.25) is 0 Å². The van der Waals surface area contributed by atoms with Crippen molar-refractivity contribution in [2.45, 2.75) is 37.5 Å². The van der Waals surface area contributed by atoms with E-state index >= 15 is 0 Å². The van der Waals surface area contributed by atoms with Gasteiger partial charge in [-0.05, 0) is 78.5 Å². The molecule has 3 nitrogen and oxygen atoms in total. The molecule has 3 rings (SSSR count). The predicted molar refractivity (Wildman–Crippen MR) is 86.3 cm³/mol. The molecule has 22 heavy (non-hydrogen) atoms. The van der Waals surface area contributed by atoms with Crippen LogP contribution in [0.1, 0.15) is 47.8 Å². The van der Waals surface area contributed by atoms with Crippen molar-refractivity contribution in [3.63, 3.8) is 0 Å². The highest BCUT2D eigenvalue weighted by Crippen LogP contribution is 2.44. The van der Waals surface area contributed by atoms with Crippen LogP contribution in [-0.2, 0) is 6.42 Å². The third-order valence-electron chi connectivity index (χ3n) is 4.73. The van der Waals surface area contributed by atoms with Crippen molar-refractivity contribution in [1.29, 1.82) is 0 Å². The van der Waals surface area contributed by atoms with Gasteiger partial charge >= 0.3 is 0 Å². The van der Waals surface area contributed by atoms with E-state index < -0.39 is 0 Å². The van der Waals surface area contributed by atoms with E-state index in [1.807, 2.05) is 24.3 Å². The fraction of sp³-hybridized carbons (Fsp3) is 0.368. The van der Waals surface area contributed by atoms with E-state index in [0.29, 0.717) is 18.1 Å². The molecular weight excluding hydrogens is 276 g/mol. The standard InChI is InChI=1S/C19H22O3/c20-11-10-19-17(13-4-6-15(21)7-5-13)3-1-2-14-12-16(22)8-9-18(14)19/h4-9,12,17,19-22H,1-3,10-11H2. The summed E-state index contributed by atoms with van der Waals surface area (Å²) in [6.07, 6.45) is 3.78. The molecule has 2 atom stereocenters. The summed E-state index contributed by atoms with van der Waals surface area (Å²) in [4.78, 5) is 0. The third-order valence-corrected chi connectivity index (χ3v) is 4.73. The largest absolute Gasteiger partial charge is 0.508 e. The van der Waals surface area contributed by atoms with Crippen LogP contribution >= 0.6 is 0 Å². The number of fused-ring (bicyclic) bond motifs is 1. The zero-order valence-corrected chi connectivity index (χ0v) is 12.6. The van der Waals surface area contributed by atoms with E-state index in [-0.39, 0.29) is 18.3 Å². The van der Waals surface area contributed by atoms with Gasteiger partial charge < -0.3 is 15.3 Å². The second-order valence-electron chi connectivity index (χ2n) is 6.09. The number of aromatic hydroxyl groups is 2. The van der Waals surface area contributed by atoms with Gasteiger partial charge in [0.05, 0.1) is 0 Å². The average molecular weight is 298 g/mol. The number of aliphatic hydroxyl groups is 1. The Morgan fingerprint density at radius 1 is 0.955 bits per heavy atom. The maximum atomic E-state index is 9.73. The number of phenols is 2. The minimum atomic E-state index is 0.152. The van der Waals surface area contributed by atoms with Crippen LogP contribution in [0.5, 0.6) is 11.5 Å². The van der Waals surface area contributed by atoms with Crippen LogP contribution in [0.15, 0.2) is 42.5 Å². The first-order valence-corrected chi connectivity index (χ1v) is 7.90. The first kappa shape index (κ1) is 14.9. The molecule has 2 aromatic carbocycles. The Labute approximate surface area is 130 Å². The van der Waals surface area contributed by atoms with Gasteiger partial charge in [-0.3, -0.25) is 0 Å². The van der Waals surface area contributed by atoms with Crippen LogP contribution in [0.4, 0.5) is 0 Å². The number of aliphatic hydroxyl groups excluding tert-OH is 1. The van der Waals surface area contributed by atoms with Gasteiger partial charge in [0.15, 0.2) is 0 Å². The molecule has 0 aliphatic heterocycles. The lowest BCUT2D eigenvalue weighted by Gasteiger charge is -2.27. The summed E-state index contributed by atoms with van der Waals surface area (Å²) < 4.78 is 0. The number of phenolic OH excluding ortho intramolecular Hbond substituents is 2. The number of rotatable bonds is 3. The Hall–Kier alpha value is -2.00. The molecule has 0 radical (unpaired) electrons. The quantitative estimate of drug-likeness (QED) is 0.757. The molecule has 0 saturated heterocycles. The molecular formula is C19H22O3. The molecule has 0 fully saturated rings. The van der Waals surface area contributed by atoms with Gasteiger partial charge in [-0.15, -0.1) is 0 Å². The van der Waals surface area contributed by atoms with Crippen LogP contribution in [0.2, 0.25) is 0 Å². The molecule has 0 spiro atoms. The molecule has 1 aliphatic rings. The molecule has 0 aromatic heterocycles. The number of hydrogen-bond donors (Lipinski definition) is 3. The van der Waals surface area contributed by atoms with Gasteiger partial charge in [0.25, 0.3) is 0 Å². The second-order valence-corrected chi connectivity index (χ2v) is 6.09. The fourth-order valence-electron chi connectivity index (χ4n) is 3.72. The van der Waals surface area contributed by atoms with Gasteiger partial charge in [0, 0.05) is 6.61 Å². The number of hydrogen-bond acceptors (Lipinski definition) is 3. The summed E-state index contributed by atoms with van der Waals surface area (Å²) in [7, 11) is 0. The summed E-state index contributed by atoms with van der Waals surface area (Å²) in [6, 6.07) is 13.0. The molecule has 116 valence electrons. The molecule has 0 saturated carbocycles. The molecule has 0 heterocycles. The summed E-state index contributed by atoms with van der Waals surface area (Å²) in [5.41, 5.74) is 3.64. The topological polar surface area (TPSA) is 60.7 Å². The van der Waals surface area contributed by atoms with Crippen LogP contribution in [0, 0.1) is 0 Å². The summed E-state index contributed by atoms with van der Waals surface area (Å²) >= 11 is 0.